The van der Waals surface area contributed by atoms with Crippen LogP contribution < -0.4 is 10.1 Å². The Kier molecular flexibility index (Phi) is 5.58. The molecule has 0 aliphatic heterocycles. The molecule has 0 unspecified atom stereocenters. The highest BCUT2D eigenvalue weighted by atomic mass is 16.5. The summed E-state index contributed by atoms with van der Waals surface area (Å²) in [6, 6.07) is 9.25. The molecule has 0 saturated carbocycles. The molecule has 7 heteroatoms. The van der Waals surface area contributed by atoms with Gasteiger partial charge in [-0.2, -0.15) is 5.10 Å². The quantitative estimate of drug-likeness (QED) is 0.704. The molecule has 0 aliphatic carbocycles. The number of carbonyl (C=O) groups excluding carboxylic acids is 1. The van der Waals surface area contributed by atoms with Gasteiger partial charge in [0.25, 0.3) is 5.91 Å². The van der Waals surface area contributed by atoms with Gasteiger partial charge in [-0.25, -0.2) is 9.67 Å². The molecule has 0 fully saturated rings. The van der Waals surface area contributed by atoms with Crippen LogP contribution in [0.5, 0.6) is 5.75 Å². The van der Waals surface area contributed by atoms with E-state index in [1.54, 1.807) is 30.7 Å². The van der Waals surface area contributed by atoms with Crippen LogP contribution in [-0.4, -0.2) is 38.8 Å². The van der Waals surface area contributed by atoms with E-state index in [-0.39, 0.29) is 12.5 Å². The number of pyridine rings is 2. The average molecular weight is 351 g/mol. The summed E-state index contributed by atoms with van der Waals surface area (Å²) in [7, 11) is 0. The second kappa shape index (κ2) is 8.24. The molecule has 0 spiro atoms. The molecule has 3 aromatic heterocycles. The Labute approximate surface area is 152 Å². The van der Waals surface area contributed by atoms with Crippen molar-refractivity contribution < 1.29 is 9.53 Å². The van der Waals surface area contributed by atoms with E-state index in [0.717, 1.165) is 22.8 Å². The van der Waals surface area contributed by atoms with Crippen molar-refractivity contribution in [1.82, 2.24) is 25.1 Å². The van der Waals surface area contributed by atoms with Gasteiger partial charge in [-0.15, -0.1) is 0 Å². The topological polar surface area (TPSA) is 81.9 Å². The predicted octanol–water partition coefficient (Wildman–Crippen LogP) is 2.02. The second-order valence-corrected chi connectivity index (χ2v) is 5.83. The van der Waals surface area contributed by atoms with Crippen molar-refractivity contribution in [2.75, 3.05) is 13.2 Å². The van der Waals surface area contributed by atoms with E-state index in [4.69, 9.17) is 4.74 Å². The van der Waals surface area contributed by atoms with Gasteiger partial charge >= 0.3 is 0 Å². The number of rotatable bonds is 7. The number of hydrogen-bond donors (Lipinski definition) is 1. The van der Waals surface area contributed by atoms with Gasteiger partial charge in [0.15, 0.2) is 12.4 Å². The number of aromatic nitrogens is 4. The molecule has 3 heterocycles. The lowest BCUT2D eigenvalue weighted by molar-refractivity contribution is -0.123. The van der Waals surface area contributed by atoms with Crippen molar-refractivity contribution in [3.8, 4) is 11.6 Å². The average Bonchev–Trinajstić information content (AvgIpc) is 2.96. The monoisotopic (exact) mass is 351 g/mol. The number of amides is 1. The molecule has 0 aliphatic rings. The maximum absolute atomic E-state index is 11.9. The molecule has 1 amide bonds. The van der Waals surface area contributed by atoms with Crippen molar-refractivity contribution in [1.29, 1.82) is 0 Å². The highest BCUT2D eigenvalue weighted by molar-refractivity contribution is 5.77. The van der Waals surface area contributed by atoms with E-state index in [2.05, 4.69) is 20.4 Å². The van der Waals surface area contributed by atoms with Crippen LogP contribution in [0.1, 0.15) is 17.0 Å². The van der Waals surface area contributed by atoms with Crippen LogP contribution in [0.4, 0.5) is 0 Å². The molecule has 134 valence electrons. The zero-order chi connectivity index (χ0) is 18.4. The first kappa shape index (κ1) is 17.6. The summed E-state index contributed by atoms with van der Waals surface area (Å²) in [5.74, 6) is 1.19. The van der Waals surface area contributed by atoms with Crippen molar-refractivity contribution in [3.05, 3.63) is 65.9 Å². The molecule has 0 atom stereocenters. The van der Waals surface area contributed by atoms with Gasteiger partial charge < -0.3 is 10.1 Å². The molecular weight excluding hydrogens is 330 g/mol. The smallest absolute Gasteiger partial charge is 0.257 e. The van der Waals surface area contributed by atoms with Crippen LogP contribution in [0.2, 0.25) is 0 Å². The SMILES string of the molecule is Cc1nn(-c2ccccn2)c(C)c1CCNC(=O)COc1cccnc1. The van der Waals surface area contributed by atoms with Gasteiger partial charge in [-0.1, -0.05) is 6.07 Å². The number of ether oxygens (including phenoxy) is 1. The summed E-state index contributed by atoms with van der Waals surface area (Å²) >= 11 is 0. The van der Waals surface area contributed by atoms with Crippen LogP contribution in [-0.2, 0) is 11.2 Å². The number of carbonyl (C=O) groups is 1. The first-order chi connectivity index (χ1) is 12.6. The van der Waals surface area contributed by atoms with Gasteiger partial charge in [0.2, 0.25) is 0 Å². The standard InChI is InChI=1S/C19H21N5O2/c1-14-17(15(2)24(23-14)18-7-3-4-10-21-18)8-11-22-19(25)13-26-16-6-5-9-20-12-16/h3-7,9-10,12H,8,11,13H2,1-2H3,(H,22,25). The number of nitrogens with one attached hydrogen (secondary N) is 1. The van der Waals surface area contributed by atoms with Crippen molar-refractivity contribution in [3.63, 3.8) is 0 Å². The lowest BCUT2D eigenvalue weighted by Gasteiger charge is -2.08. The first-order valence-corrected chi connectivity index (χ1v) is 8.41. The third-order valence-corrected chi connectivity index (χ3v) is 4.01. The summed E-state index contributed by atoms with van der Waals surface area (Å²) < 4.78 is 7.21. The van der Waals surface area contributed by atoms with Crippen molar-refractivity contribution in [2.24, 2.45) is 0 Å². The van der Waals surface area contributed by atoms with Crippen LogP contribution in [0, 0.1) is 13.8 Å². The summed E-state index contributed by atoms with van der Waals surface area (Å²) in [5, 5.41) is 7.43. The molecule has 3 rings (SSSR count). The fraction of sp³-hybridized carbons (Fsp3) is 0.263. The maximum Gasteiger partial charge on any atom is 0.257 e. The minimum Gasteiger partial charge on any atom is -0.482 e. The first-order valence-electron chi connectivity index (χ1n) is 8.41. The Bertz CT molecular complexity index is 862. The number of hydrogen-bond acceptors (Lipinski definition) is 5. The van der Waals surface area contributed by atoms with Crippen molar-refractivity contribution in [2.45, 2.75) is 20.3 Å². The fourth-order valence-electron chi connectivity index (χ4n) is 2.70. The van der Waals surface area contributed by atoms with E-state index >= 15 is 0 Å². The lowest BCUT2D eigenvalue weighted by atomic mass is 10.1. The summed E-state index contributed by atoms with van der Waals surface area (Å²) in [6.07, 6.45) is 5.67. The second-order valence-electron chi connectivity index (χ2n) is 5.83. The van der Waals surface area contributed by atoms with Crippen molar-refractivity contribution >= 4 is 5.91 Å². The Morgan fingerprint density at radius 1 is 1.19 bits per heavy atom. The molecule has 0 aromatic carbocycles. The Hall–Kier alpha value is -3.22. The molecule has 0 radical (unpaired) electrons. The minimum atomic E-state index is -0.165. The molecule has 1 N–H and O–H groups in total. The Morgan fingerprint density at radius 3 is 2.81 bits per heavy atom. The van der Waals surface area contributed by atoms with E-state index in [1.807, 2.05) is 36.7 Å². The van der Waals surface area contributed by atoms with Gasteiger partial charge in [0.05, 0.1) is 11.9 Å². The summed E-state index contributed by atoms with van der Waals surface area (Å²) in [6.45, 7) is 4.47. The summed E-state index contributed by atoms with van der Waals surface area (Å²) in [5.41, 5.74) is 3.08. The highest BCUT2D eigenvalue weighted by Gasteiger charge is 2.13. The van der Waals surface area contributed by atoms with E-state index in [0.29, 0.717) is 18.7 Å². The van der Waals surface area contributed by atoms with Crippen LogP contribution in [0.15, 0.2) is 48.9 Å². The van der Waals surface area contributed by atoms with Gasteiger partial charge in [-0.05, 0) is 50.1 Å². The van der Waals surface area contributed by atoms with E-state index in [1.165, 1.54) is 0 Å². The van der Waals surface area contributed by atoms with Crippen LogP contribution >= 0.6 is 0 Å². The zero-order valence-corrected chi connectivity index (χ0v) is 14.8. The molecule has 7 nitrogen and oxygen atoms in total. The van der Waals surface area contributed by atoms with Gasteiger partial charge in [0.1, 0.15) is 5.75 Å². The van der Waals surface area contributed by atoms with Gasteiger partial charge in [0, 0.05) is 24.6 Å². The summed E-state index contributed by atoms with van der Waals surface area (Å²) in [4.78, 5) is 20.2. The van der Waals surface area contributed by atoms with Gasteiger partial charge in [-0.3, -0.25) is 9.78 Å². The number of nitrogens with zero attached hydrogens (tertiary/aromatic N) is 4. The van der Waals surface area contributed by atoms with Crippen LogP contribution in [0.3, 0.4) is 0 Å². The largest absolute Gasteiger partial charge is 0.482 e. The normalized spacial score (nSPS) is 10.5. The number of aryl methyl sites for hydroxylation is 1. The zero-order valence-electron chi connectivity index (χ0n) is 14.8. The molecule has 3 aromatic rings. The third-order valence-electron chi connectivity index (χ3n) is 4.01. The molecule has 26 heavy (non-hydrogen) atoms. The van der Waals surface area contributed by atoms with Crippen LogP contribution in [0.25, 0.3) is 5.82 Å². The van der Waals surface area contributed by atoms with E-state index in [9.17, 15) is 4.79 Å². The highest BCUT2D eigenvalue weighted by Crippen LogP contribution is 2.16. The Balaban J connectivity index is 1.53. The third kappa shape index (κ3) is 4.24. The fourth-order valence-corrected chi connectivity index (χ4v) is 2.70. The minimum absolute atomic E-state index is 0.0309. The predicted molar refractivity (Wildman–Crippen MR) is 97.3 cm³/mol. The maximum atomic E-state index is 11.9. The lowest BCUT2D eigenvalue weighted by Crippen LogP contribution is -2.30. The van der Waals surface area contributed by atoms with E-state index < -0.39 is 0 Å². The molecular formula is C19H21N5O2. The Morgan fingerprint density at radius 2 is 2.08 bits per heavy atom. The molecule has 0 bridgehead atoms. The molecule has 0 saturated heterocycles.